The summed E-state index contributed by atoms with van der Waals surface area (Å²) in [5.41, 5.74) is 7.52. The van der Waals surface area contributed by atoms with E-state index in [2.05, 4.69) is 98.8 Å². The first-order valence-electron chi connectivity index (χ1n) is 29.7. The highest BCUT2D eigenvalue weighted by Crippen LogP contribution is 2.68. The van der Waals surface area contributed by atoms with Gasteiger partial charge in [-0.15, -0.1) is 0 Å². The fourth-order valence-electron chi connectivity index (χ4n) is 20.2. The van der Waals surface area contributed by atoms with Gasteiger partial charge in [0.1, 0.15) is 19.8 Å². The van der Waals surface area contributed by atoms with Crippen molar-refractivity contribution in [3.8, 4) is 0 Å². The van der Waals surface area contributed by atoms with Gasteiger partial charge in [0.2, 0.25) is 0 Å². The SMILES string of the molecule is CC(=O)OCC(=O)[C@H]1[C@H](C)CC2C3CCC4=CC(=O)C=C[C@]4(C)C3=CC[C@@]21C.C[C@@H]1CC2C3CCC4=CC(=O)C=C[C@]4(C)C3=CC[C@]2(C)[C@H]1C(=O)CO.C[C@@H]1CC2C3CCC4=CC(=O)C=C[C@]4(C)C3=CC[C@]2(C)[C@H]1C(=O)CO. The Morgan fingerprint density at radius 2 is 0.795 bits per heavy atom. The molecule has 0 spiro atoms. The number of aliphatic hydroxyl groups is 2. The van der Waals surface area contributed by atoms with Crippen LogP contribution in [0.25, 0.3) is 0 Å². The van der Waals surface area contributed by atoms with E-state index in [4.69, 9.17) is 4.74 Å². The Morgan fingerprint density at radius 3 is 1.08 bits per heavy atom. The molecule has 0 heterocycles. The molecule has 6 saturated carbocycles. The van der Waals surface area contributed by atoms with Gasteiger partial charge in [-0.25, -0.2) is 0 Å². The molecule has 0 amide bonds. The summed E-state index contributed by atoms with van der Waals surface area (Å²) >= 11 is 0. The molecule has 0 aromatic carbocycles. The average molecular weight is 1060 g/mol. The Labute approximate surface area is 463 Å². The number of ether oxygens (including phenoxy) is 1. The third kappa shape index (κ3) is 8.81. The van der Waals surface area contributed by atoms with E-state index >= 15 is 0 Å². The van der Waals surface area contributed by atoms with E-state index < -0.39 is 5.97 Å². The van der Waals surface area contributed by atoms with Gasteiger partial charge in [0.15, 0.2) is 34.7 Å². The summed E-state index contributed by atoms with van der Waals surface area (Å²) in [6.07, 6.45) is 35.9. The van der Waals surface area contributed by atoms with Gasteiger partial charge in [-0.2, -0.15) is 0 Å². The van der Waals surface area contributed by atoms with Crippen molar-refractivity contribution in [2.24, 2.45) is 104 Å². The minimum absolute atomic E-state index is 0.0140. The lowest BCUT2D eigenvalue weighted by Gasteiger charge is -2.52. The van der Waals surface area contributed by atoms with Gasteiger partial charge in [0, 0.05) is 40.9 Å². The number of hydrogen-bond donors (Lipinski definition) is 2. The molecule has 0 aromatic heterocycles. The first-order valence-corrected chi connectivity index (χ1v) is 29.7. The van der Waals surface area contributed by atoms with E-state index in [9.17, 15) is 43.8 Å². The predicted octanol–water partition coefficient (Wildman–Crippen LogP) is 11.5. The number of esters is 1. The maximum absolute atomic E-state index is 13.0. The molecule has 0 radical (unpaired) electrons. The van der Waals surface area contributed by atoms with Crippen LogP contribution in [0.15, 0.2) is 106 Å². The van der Waals surface area contributed by atoms with Gasteiger partial charge >= 0.3 is 5.97 Å². The van der Waals surface area contributed by atoms with Crippen LogP contribution in [0, 0.1) is 104 Å². The second kappa shape index (κ2) is 20.3. The van der Waals surface area contributed by atoms with Crippen LogP contribution in [0.4, 0.5) is 0 Å². The lowest BCUT2D eigenvalue weighted by atomic mass is 9.52. The van der Waals surface area contributed by atoms with Crippen molar-refractivity contribution < 1.29 is 48.5 Å². The minimum atomic E-state index is -0.398. The van der Waals surface area contributed by atoms with Crippen LogP contribution in [-0.2, 0) is 38.3 Å². The summed E-state index contributed by atoms with van der Waals surface area (Å²) < 4.78 is 5.04. The molecule has 12 aliphatic carbocycles. The van der Waals surface area contributed by atoms with Crippen LogP contribution in [0.2, 0.25) is 0 Å². The van der Waals surface area contributed by atoms with Crippen LogP contribution >= 0.6 is 0 Å². The van der Waals surface area contributed by atoms with Gasteiger partial charge < -0.3 is 14.9 Å². The Bertz CT molecular complexity index is 2770. The second-order valence-electron chi connectivity index (χ2n) is 27.8. The normalized spacial score (nSPS) is 43.8. The molecule has 0 saturated heterocycles. The molecule has 6 fully saturated rings. The number of carbonyl (C=O) groups is 7. The van der Waals surface area contributed by atoms with Gasteiger partial charge in [0.25, 0.3) is 0 Å². The molecule has 2 N–H and O–H groups in total. The molecule has 0 aliphatic heterocycles. The summed E-state index contributed by atoms with van der Waals surface area (Å²) in [5, 5.41) is 18.9. The quantitative estimate of drug-likeness (QED) is 0.185. The number of rotatable bonds is 7. The molecule has 12 aliphatic rings. The fourth-order valence-corrected chi connectivity index (χ4v) is 20.2. The number of aliphatic hydroxyl groups excluding tert-OH is 2. The van der Waals surface area contributed by atoms with Crippen molar-refractivity contribution in [1.82, 2.24) is 0 Å². The molecule has 418 valence electrons. The van der Waals surface area contributed by atoms with Gasteiger partial charge in [-0.1, -0.05) is 111 Å². The molecule has 78 heavy (non-hydrogen) atoms. The van der Waals surface area contributed by atoms with Crippen molar-refractivity contribution in [3.63, 3.8) is 0 Å². The predicted molar refractivity (Wildman–Crippen MR) is 300 cm³/mol. The first-order chi connectivity index (χ1) is 36.8. The smallest absolute Gasteiger partial charge is 0.303 e. The van der Waals surface area contributed by atoms with Gasteiger partial charge in [-0.05, 0) is 204 Å². The molecular formula is C68H86O10. The van der Waals surface area contributed by atoms with Crippen LogP contribution in [-0.4, -0.2) is 70.7 Å². The molecule has 10 nitrogen and oxygen atoms in total. The number of allylic oxidation sites excluding steroid dienone is 18. The second-order valence-corrected chi connectivity index (χ2v) is 27.8. The van der Waals surface area contributed by atoms with Crippen LogP contribution < -0.4 is 0 Å². The first kappa shape index (κ1) is 56.3. The Balaban J connectivity index is 0.000000133. The molecule has 0 bridgehead atoms. The molecule has 12 rings (SSSR count). The zero-order chi connectivity index (χ0) is 56.2. The zero-order valence-electron chi connectivity index (χ0n) is 48.1. The minimum Gasteiger partial charge on any atom is -0.458 e. The van der Waals surface area contributed by atoms with E-state index in [1.54, 1.807) is 18.2 Å². The van der Waals surface area contributed by atoms with Crippen molar-refractivity contribution in [2.75, 3.05) is 19.8 Å². The van der Waals surface area contributed by atoms with E-state index in [-0.39, 0.29) is 105 Å². The van der Waals surface area contributed by atoms with E-state index in [0.717, 1.165) is 77.0 Å². The molecular weight excluding hydrogens is 977 g/mol. The standard InChI is InChI=1S/C24H30O4.2C22H28O3/c1-14-11-20-18-6-5-16-12-17(26)7-9-23(16,3)19(18)8-10-24(20,4)22(14)21(27)13-28-15(2)25;2*1-13-10-18-16-5-4-14-11-15(24)6-8-21(14,2)17(16)7-9-22(18,3)20(13)19(25)12-23/h7-9,12,14,18,20,22H,5-6,10-11,13H2,1-4H3;2*6-8,11,13,16,18,20,23H,4-5,9-10,12H2,1-3H3/t14-,18?,20?,22-,23+,24+;2*13-,16?,18?,20-,21+,22+/m111/s1. The number of carbonyl (C=O) groups excluding carboxylic acids is 7. The van der Waals surface area contributed by atoms with E-state index in [1.165, 1.54) is 40.4 Å². The summed E-state index contributed by atoms with van der Waals surface area (Å²) in [7, 11) is 0. The largest absolute Gasteiger partial charge is 0.458 e. The molecule has 18 atom stereocenters. The van der Waals surface area contributed by atoms with Crippen molar-refractivity contribution in [2.45, 2.75) is 146 Å². The van der Waals surface area contributed by atoms with Crippen molar-refractivity contribution in [1.29, 1.82) is 0 Å². The number of ketones is 6. The third-order valence-corrected chi connectivity index (χ3v) is 23.6. The van der Waals surface area contributed by atoms with Gasteiger partial charge in [0.05, 0.1) is 0 Å². The van der Waals surface area contributed by atoms with Crippen LogP contribution in [0.1, 0.15) is 146 Å². The fraction of sp³-hybridized carbons (Fsp3) is 0.632. The topological polar surface area (TPSA) is 169 Å². The Morgan fingerprint density at radius 1 is 0.500 bits per heavy atom. The summed E-state index contributed by atoms with van der Waals surface area (Å²) in [6.45, 7) is 20.6. The summed E-state index contributed by atoms with van der Waals surface area (Å²) in [4.78, 5) is 84.5. The summed E-state index contributed by atoms with van der Waals surface area (Å²) in [5.74, 6) is 3.68. The zero-order valence-corrected chi connectivity index (χ0v) is 48.1. The lowest BCUT2D eigenvalue weighted by molar-refractivity contribution is -0.148. The monoisotopic (exact) mass is 1060 g/mol. The highest BCUT2D eigenvalue weighted by molar-refractivity contribution is 6.02. The van der Waals surface area contributed by atoms with Crippen LogP contribution in [0.5, 0.6) is 0 Å². The lowest BCUT2D eigenvalue weighted by Crippen LogP contribution is -2.45. The highest BCUT2D eigenvalue weighted by atomic mass is 16.5. The van der Waals surface area contributed by atoms with Gasteiger partial charge in [-0.3, -0.25) is 33.6 Å². The number of hydrogen-bond acceptors (Lipinski definition) is 10. The third-order valence-electron chi connectivity index (χ3n) is 23.6. The van der Waals surface area contributed by atoms with E-state index in [0.29, 0.717) is 53.3 Å². The highest BCUT2D eigenvalue weighted by Gasteiger charge is 2.62. The number of Topliss-reactive ketones (excluding diaryl/α,β-unsaturated/α-hetero) is 3. The average Bonchev–Trinajstić information content (AvgIpc) is 4.16. The Hall–Kier alpha value is -4.93. The van der Waals surface area contributed by atoms with E-state index in [1.807, 2.05) is 18.2 Å². The molecule has 10 heteroatoms. The molecule has 6 unspecified atom stereocenters. The van der Waals surface area contributed by atoms with Crippen LogP contribution in [0.3, 0.4) is 0 Å². The van der Waals surface area contributed by atoms with Crippen molar-refractivity contribution >= 4 is 40.7 Å². The Kier molecular flexibility index (Phi) is 14.6. The molecule has 0 aromatic rings. The van der Waals surface area contributed by atoms with Crippen molar-refractivity contribution in [3.05, 3.63) is 106 Å². The maximum atomic E-state index is 13.0. The maximum Gasteiger partial charge on any atom is 0.303 e. The summed E-state index contributed by atoms with van der Waals surface area (Å²) in [6, 6.07) is 0. The number of fused-ring (bicyclic) bond motifs is 15.